The molecule has 0 aromatic carbocycles. The minimum absolute atomic E-state index is 0.0856. The average molecular weight is 138 g/mol. The molecule has 0 aromatic heterocycles. The van der Waals surface area contributed by atoms with Crippen LogP contribution in [0.1, 0.15) is 6.42 Å². The lowest BCUT2D eigenvalue weighted by Crippen LogP contribution is -2.37. The van der Waals surface area contributed by atoms with Gasteiger partial charge < -0.3 is 11.1 Å². The molecule has 1 aliphatic carbocycles. The smallest absolute Gasteiger partial charge is 0.312 e. The van der Waals surface area contributed by atoms with Gasteiger partial charge >= 0.3 is 6.03 Å². The molecule has 0 fully saturated rings. The number of primary amides is 1. The Hall–Kier alpha value is -1.25. The van der Waals surface area contributed by atoms with E-state index in [0.29, 0.717) is 0 Å². The van der Waals surface area contributed by atoms with Crippen molar-refractivity contribution < 1.29 is 4.79 Å². The van der Waals surface area contributed by atoms with E-state index in [9.17, 15) is 4.79 Å². The number of urea groups is 1. The lowest BCUT2D eigenvalue weighted by molar-refractivity contribution is 0.247. The summed E-state index contributed by atoms with van der Waals surface area (Å²) in [7, 11) is 0. The van der Waals surface area contributed by atoms with Gasteiger partial charge in [0.05, 0.1) is 6.04 Å². The second kappa shape index (κ2) is 3.06. The van der Waals surface area contributed by atoms with E-state index in [1.807, 2.05) is 24.3 Å². The number of carbonyl (C=O) groups excluding carboxylic acids is 1. The van der Waals surface area contributed by atoms with Gasteiger partial charge in [-0.2, -0.15) is 0 Å². The van der Waals surface area contributed by atoms with Crippen molar-refractivity contribution in [2.75, 3.05) is 0 Å². The molecule has 1 rings (SSSR count). The second-order valence-corrected chi connectivity index (χ2v) is 2.16. The van der Waals surface area contributed by atoms with Crippen LogP contribution in [0.3, 0.4) is 0 Å². The quantitative estimate of drug-likeness (QED) is 0.546. The van der Waals surface area contributed by atoms with Crippen molar-refractivity contribution in [2.45, 2.75) is 12.5 Å². The maximum atomic E-state index is 10.3. The van der Waals surface area contributed by atoms with Gasteiger partial charge in [-0.25, -0.2) is 4.79 Å². The largest absolute Gasteiger partial charge is 0.352 e. The van der Waals surface area contributed by atoms with Gasteiger partial charge in [0.1, 0.15) is 0 Å². The van der Waals surface area contributed by atoms with E-state index in [1.165, 1.54) is 0 Å². The molecule has 0 saturated carbocycles. The standard InChI is InChI=1S/C7H10N2O/c8-7(10)9-6-4-2-1-3-5-6/h1-4,6H,5H2,(H3,8,9,10). The molecule has 3 nitrogen and oxygen atoms in total. The van der Waals surface area contributed by atoms with Crippen LogP contribution in [0.4, 0.5) is 4.79 Å². The van der Waals surface area contributed by atoms with Crippen molar-refractivity contribution >= 4 is 6.03 Å². The van der Waals surface area contributed by atoms with Crippen molar-refractivity contribution in [2.24, 2.45) is 5.73 Å². The summed E-state index contributed by atoms with van der Waals surface area (Å²) in [5.41, 5.74) is 4.92. The van der Waals surface area contributed by atoms with Crippen LogP contribution in [0.25, 0.3) is 0 Å². The number of nitrogens with one attached hydrogen (secondary N) is 1. The average Bonchev–Trinajstić information content (AvgIpc) is 1.88. The van der Waals surface area contributed by atoms with E-state index in [0.717, 1.165) is 6.42 Å². The number of nitrogens with two attached hydrogens (primary N) is 1. The molecule has 0 radical (unpaired) electrons. The SMILES string of the molecule is NC(=O)NC1C=CC=CC1. The Kier molecular flexibility index (Phi) is 2.10. The highest BCUT2D eigenvalue weighted by Crippen LogP contribution is 2.01. The summed E-state index contributed by atoms with van der Waals surface area (Å²) < 4.78 is 0. The summed E-state index contributed by atoms with van der Waals surface area (Å²) in [5.74, 6) is 0. The molecule has 0 aromatic rings. The molecule has 0 heterocycles. The minimum atomic E-state index is -0.468. The van der Waals surface area contributed by atoms with Crippen LogP contribution in [-0.4, -0.2) is 12.1 Å². The lowest BCUT2D eigenvalue weighted by atomic mass is 10.1. The molecular formula is C7H10N2O. The zero-order valence-electron chi connectivity index (χ0n) is 5.58. The third kappa shape index (κ3) is 1.93. The van der Waals surface area contributed by atoms with Crippen molar-refractivity contribution in [3.8, 4) is 0 Å². The fourth-order valence-electron chi connectivity index (χ4n) is 0.870. The third-order valence-electron chi connectivity index (χ3n) is 1.31. The van der Waals surface area contributed by atoms with Crippen LogP contribution in [0.2, 0.25) is 0 Å². The van der Waals surface area contributed by atoms with Gasteiger partial charge in [0.2, 0.25) is 0 Å². The highest BCUT2D eigenvalue weighted by atomic mass is 16.2. The molecule has 1 atom stereocenters. The van der Waals surface area contributed by atoms with Crippen LogP contribution < -0.4 is 11.1 Å². The Balaban J connectivity index is 2.37. The van der Waals surface area contributed by atoms with Gasteiger partial charge in [-0.3, -0.25) is 0 Å². The Morgan fingerprint density at radius 3 is 2.90 bits per heavy atom. The molecule has 0 saturated heterocycles. The molecule has 1 aliphatic rings. The van der Waals surface area contributed by atoms with E-state index in [2.05, 4.69) is 5.32 Å². The van der Waals surface area contributed by atoms with Gasteiger partial charge in [-0.1, -0.05) is 24.3 Å². The Morgan fingerprint density at radius 1 is 1.60 bits per heavy atom. The van der Waals surface area contributed by atoms with E-state index in [4.69, 9.17) is 5.73 Å². The Labute approximate surface area is 59.6 Å². The van der Waals surface area contributed by atoms with E-state index in [1.54, 1.807) is 0 Å². The first kappa shape index (κ1) is 6.86. The molecule has 0 spiro atoms. The summed E-state index contributed by atoms with van der Waals surface area (Å²) in [4.78, 5) is 10.3. The topological polar surface area (TPSA) is 55.1 Å². The first-order chi connectivity index (χ1) is 4.79. The summed E-state index contributed by atoms with van der Waals surface area (Å²) in [6.07, 6.45) is 8.56. The number of hydrogen-bond acceptors (Lipinski definition) is 1. The summed E-state index contributed by atoms with van der Waals surface area (Å²) in [6, 6.07) is -0.382. The van der Waals surface area contributed by atoms with E-state index >= 15 is 0 Å². The summed E-state index contributed by atoms with van der Waals surface area (Å²) in [5, 5.41) is 2.58. The van der Waals surface area contributed by atoms with Crippen molar-refractivity contribution in [3.05, 3.63) is 24.3 Å². The van der Waals surface area contributed by atoms with Crippen LogP contribution >= 0.6 is 0 Å². The van der Waals surface area contributed by atoms with Crippen molar-refractivity contribution in [1.82, 2.24) is 5.32 Å². The molecule has 54 valence electrons. The molecule has 10 heavy (non-hydrogen) atoms. The van der Waals surface area contributed by atoms with Gasteiger partial charge in [-0.15, -0.1) is 0 Å². The highest BCUT2D eigenvalue weighted by Gasteiger charge is 2.04. The maximum Gasteiger partial charge on any atom is 0.312 e. The second-order valence-electron chi connectivity index (χ2n) is 2.16. The minimum Gasteiger partial charge on any atom is -0.352 e. The molecule has 0 bridgehead atoms. The van der Waals surface area contributed by atoms with Gasteiger partial charge in [0.25, 0.3) is 0 Å². The predicted molar refractivity (Wildman–Crippen MR) is 39.4 cm³/mol. The number of rotatable bonds is 1. The molecule has 3 heteroatoms. The number of carbonyl (C=O) groups is 1. The molecule has 3 N–H and O–H groups in total. The number of allylic oxidation sites excluding steroid dienone is 2. The van der Waals surface area contributed by atoms with Gasteiger partial charge in [-0.05, 0) is 6.42 Å². The number of amides is 2. The maximum absolute atomic E-state index is 10.3. The molecular weight excluding hydrogens is 128 g/mol. The summed E-state index contributed by atoms with van der Waals surface area (Å²) in [6.45, 7) is 0. The zero-order chi connectivity index (χ0) is 7.40. The van der Waals surface area contributed by atoms with Crippen LogP contribution in [-0.2, 0) is 0 Å². The molecule has 1 unspecified atom stereocenters. The fourth-order valence-corrected chi connectivity index (χ4v) is 0.870. The molecule has 0 aliphatic heterocycles. The van der Waals surface area contributed by atoms with Crippen LogP contribution in [0.15, 0.2) is 24.3 Å². The fraction of sp³-hybridized carbons (Fsp3) is 0.286. The summed E-state index contributed by atoms with van der Waals surface area (Å²) >= 11 is 0. The van der Waals surface area contributed by atoms with Gasteiger partial charge in [0.15, 0.2) is 0 Å². The van der Waals surface area contributed by atoms with Gasteiger partial charge in [0, 0.05) is 0 Å². The highest BCUT2D eigenvalue weighted by molar-refractivity contribution is 5.72. The predicted octanol–water partition coefficient (Wildman–Crippen LogP) is 0.539. The van der Waals surface area contributed by atoms with Crippen LogP contribution in [0, 0.1) is 0 Å². The Bertz CT molecular complexity index is 184. The third-order valence-corrected chi connectivity index (χ3v) is 1.31. The first-order valence-corrected chi connectivity index (χ1v) is 3.18. The normalized spacial score (nSPS) is 22.6. The van der Waals surface area contributed by atoms with Crippen LogP contribution in [0.5, 0.6) is 0 Å². The van der Waals surface area contributed by atoms with Crippen molar-refractivity contribution in [1.29, 1.82) is 0 Å². The number of hydrogen-bond donors (Lipinski definition) is 2. The lowest BCUT2D eigenvalue weighted by Gasteiger charge is -2.12. The van der Waals surface area contributed by atoms with E-state index < -0.39 is 6.03 Å². The van der Waals surface area contributed by atoms with E-state index in [-0.39, 0.29) is 6.04 Å². The zero-order valence-corrected chi connectivity index (χ0v) is 5.58. The Morgan fingerprint density at radius 2 is 2.40 bits per heavy atom. The first-order valence-electron chi connectivity index (χ1n) is 3.18. The molecule has 2 amide bonds. The van der Waals surface area contributed by atoms with Crippen molar-refractivity contribution in [3.63, 3.8) is 0 Å². The monoisotopic (exact) mass is 138 g/mol.